The summed E-state index contributed by atoms with van der Waals surface area (Å²) in [5.41, 5.74) is 2.92. The molecule has 0 bridgehead atoms. The summed E-state index contributed by atoms with van der Waals surface area (Å²) in [5, 5.41) is 3.74. The van der Waals surface area contributed by atoms with Gasteiger partial charge in [0.1, 0.15) is 5.75 Å². The molecule has 0 saturated heterocycles. The predicted molar refractivity (Wildman–Crippen MR) is 63.8 cm³/mol. The summed E-state index contributed by atoms with van der Waals surface area (Å²) < 4.78 is 5.02. The molecule has 84 valence electrons. The van der Waals surface area contributed by atoms with Crippen molar-refractivity contribution in [3.05, 3.63) is 42.0 Å². The van der Waals surface area contributed by atoms with E-state index in [-0.39, 0.29) is 5.91 Å². The SMILES string of the molecule is C/C=C/C=N\NC(=O)c1cccc(OC)c1. The lowest BCUT2D eigenvalue weighted by atomic mass is 10.2. The van der Waals surface area contributed by atoms with Gasteiger partial charge >= 0.3 is 0 Å². The monoisotopic (exact) mass is 218 g/mol. The van der Waals surface area contributed by atoms with Gasteiger partial charge in [-0.15, -0.1) is 0 Å². The molecule has 1 amide bonds. The molecule has 0 atom stereocenters. The van der Waals surface area contributed by atoms with Crippen LogP contribution in [0.5, 0.6) is 5.75 Å². The molecule has 0 aliphatic carbocycles. The highest BCUT2D eigenvalue weighted by molar-refractivity contribution is 5.94. The van der Waals surface area contributed by atoms with Crippen LogP contribution < -0.4 is 10.2 Å². The standard InChI is InChI=1S/C12H14N2O2/c1-3-4-8-13-14-12(15)10-6-5-7-11(9-10)16-2/h3-9H,1-2H3,(H,14,15)/b4-3+,13-8-. The van der Waals surface area contributed by atoms with Gasteiger partial charge in [0.25, 0.3) is 5.91 Å². The van der Waals surface area contributed by atoms with Crippen molar-refractivity contribution in [1.82, 2.24) is 5.43 Å². The van der Waals surface area contributed by atoms with Crippen LogP contribution in [0.25, 0.3) is 0 Å². The minimum Gasteiger partial charge on any atom is -0.497 e. The fourth-order valence-electron chi connectivity index (χ4n) is 1.05. The maximum absolute atomic E-state index is 11.6. The van der Waals surface area contributed by atoms with E-state index in [2.05, 4.69) is 10.5 Å². The Kier molecular flexibility index (Phi) is 4.79. The van der Waals surface area contributed by atoms with E-state index >= 15 is 0 Å². The van der Waals surface area contributed by atoms with Crippen LogP contribution in [0.3, 0.4) is 0 Å². The third-order valence-electron chi connectivity index (χ3n) is 1.85. The van der Waals surface area contributed by atoms with Gasteiger partial charge in [-0.2, -0.15) is 5.10 Å². The van der Waals surface area contributed by atoms with E-state index < -0.39 is 0 Å². The minimum absolute atomic E-state index is 0.264. The summed E-state index contributed by atoms with van der Waals surface area (Å²) in [4.78, 5) is 11.6. The molecular weight excluding hydrogens is 204 g/mol. The van der Waals surface area contributed by atoms with Crippen LogP contribution in [0.15, 0.2) is 41.5 Å². The van der Waals surface area contributed by atoms with E-state index in [1.807, 2.05) is 13.0 Å². The number of nitrogens with zero attached hydrogens (tertiary/aromatic N) is 1. The van der Waals surface area contributed by atoms with Gasteiger partial charge in [-0.1, -0.05) is 12.1 Å². The van der Waals surface area contributed by atoms with Crippen LogP contribution in [0.4, 0.5) is 0 Å². The molecule has 1 N–H and O–H groups in total. The summed E-state index contributed by atoms with van der Waals surface area (Å²) in [7, 11) is 1.56. The zero-order valence-electron chi connectivity index (χ0n) is 9.31. The van der Waals surface area contributed by atoms with Crippen molar-refractivity contribution in [1.29, 1.82) is 0 Å². The number of nitrogens with one attached hydrogen (secondary N) is 1. The van der Waals surface area contributed by atoms with E-state index in [9.17, 15) is 4.79 Å². The number of hydrazone groups is 1. The van der Waals surface area contributed by atoms with Crippen molar-refractivity contribution in [2.45, 2.75) is 6.92 Å². The molecule has 0 spiro atoms. The van der Waals surface area contributed by atoms with Crippen LogP contribution in [-0.4, -0.2) is 19.2 Å². The second-order valence-electron chi connectivity index (χ2n) is 2.98. The number of carbonyl (C=O) groups excluding carboxylic acids is 1. The maximum atomic E-state index is 11.6. The Hall–Kier alpha value is -2.10. The Bertz CT molecular complexity index is 411. The molecule has 0 heterocycles. The maximum Gasteiger partial charge on any atom is 0.271 e. The number of allylic oxidation sites excluding steroid dienone is 2. The van der Waals surface area contributed by atoms with E-state index in [1.165, 1.54) is 6.21 Å². The average Bonchev–Trinajstić information content (AvgIpc) is 2.34. The van der Waals surface area contributed by atoms with Gasteiger partial charge in [-0.05, 0) is 31.2 Å². The highest BCUT2D eigenvalue weighted by atomic mass is 16.5. The minimum atomic E-state index is -0.264. The molecule has 0 aliphatic heterocycles. The smallest absolute Gasteiger partial charge is 0.271 e. The molecule has 0 aliphatic rings. The molecule has 1 aromatic rings. The molecule has 0 unspecified atom stereocenters. The first-order chi connectivity index (χ1) is 7.77. The lowest BCUT2D eigenvalue weighted by Crippen LogP contribution is -2.17. The second kappa shape index (κ2) is 6.40. The van der Waals surface area contributed by atoms with Crippen LogP contribution in [0.1, 0.15) is 17.3 Å². The van der Waals surface area contributed by atoms with Crippen molar-refractivity contribution in [3.63, 3.8) is 0 Å². The summed E-state index contributed by atoms with van der Waals surface area (Å²) >= 11 is 0. The molecule has 4 nitrogen and oxygen atoms in total. The van der Waals surface area contributed by atoms with Crippen molar-refractivity contribution >= 4 is 12.1 Å². The highest BCUT2D eigenvalue weighted by Crippen LogP contribution is 2.12. The molecule has 0 fully saturated rings. The number of hydrogen-bond acceptors (Lipinski definition) is 3. The first-order valence-corrected chi connectivity index (χ1v) is 4.86. The van der Waals surface area contributed by atoms with Gasteiger partial charge in [0.05, 0.1) is 7.11 Å². The largest absolute Gasteiger partial charge is 0.497 e. The van der Waals surface area contributed by atoms with Crippen molar-refractivity contribution in [2.24, 2.45) is 5.10 Å². The van der Waals surface area contributed by atoms with Gasteiger partial charge in [-0.25, -0.2) is 5.43 Å². The summed E-state index contributed by atoms with van der Waals surface area (Å²) in [5.74, 6) is 0.379. The number of methoxy groups -OCH3 is 1. The molecule has 16 heavy (non-hydrogen) atoms. The van der Waals surface area contributed by atoms with Gasteiger partial charge < -0.3 is 4.74 Å². The van der Waals surface area contributed by atoms with Crippen LogP contribution >= 0.6 is 0 Å². The zero-order chi connectivity index (χ0) is 11.8. The van der Waals surface area contributed by atoms with Crippen LogP contribution in [0, 0.1) is 0 Å². The van der Waals surface area contributed by atoms with Gasteiger partial charge in [0.2, 0.25) is 0 Å². The molecule has 1 aromatic carbocycles. The zero-order valence-corrected chi connectivity index (χ0v) is 9.31. The first-order valence-electron chi connectivity index (χ1n) is 4.86. The fraction of sp³-hybridized carbons (Fsp3) is 0.167. The lowest BCUT2D eigenvalue weighted by Gasteiger charge is -2.02. The quantitative estimate of drug-likeness (QED) is 0.620. The van der Waals surface area contributed by atoms with E-state index in [0.29, 0.717) is 11.3 Å². The lowest BCUT2D eigenvalue weighted by molar-refractivity contribution is 0.0955. The van der Waals surface area contributed by atoms with Gasteiger partial charge in [-0.3, -0.25) is 4.79 Å². The normalized spacial score (nSPS) is 10.9. The van der Waals surface area contributed by atoms with E-state index in [4.69, 9.17) is 4.74 Å². The first kappa shape index (κ1) is 12.0. The third-order valence-corrected chi connectivity index (χ3v) is 1.85. The molecule has 1 rings (SSSR count). The Morgan fingerprint density at radius 3 is 3.00 bits per heavy atom. The predicted octanol–water partition coefficient (Wildman–Crippen LogP) is 1.99. The van der Waals surface area contributed by atoms with Gasteiger partial charge in [0.15, 0.2) is 0 Å². The van der Waals surface area contributed by atoms with Crippen LogP contribution in [-0.2, 0) is 0 Å². The Morgan fingerprint density at radius 1 is 1.50 bits per heavy atom. The molecule has 4 heteroatoms. The van der Waals surface area contributed by atoms with Gasteiger partial charge in [0, 0.05) is 11.8 Å². The number of amides is 1. The highest BCUT2D eigenvalue weighted by Gasteiger charge is 2.04. The summed E-state index contributed by atoms with van der Waals surface area (Å²) in [6.07, 6.45) is 5.06. The number of hydrogen-bond donors (Lipinski definition) is 1. The number of rotatable bonds is 4. The molecule has 0 saturated carbocycles. The Labute approximate surface area is 94.6 Å². The van der Waals surface area contributed by atoms with Crippen molar-refractivity contribution < 1.29 is 9.53 Å². The van der Waals surface area contributed by atoms with Crippen LogP contribution in [0.2, 0.25) is 0 Å². The molecule has 0 aromatic heterocycles. The fourth-order valence-corrected chi connectivity index (χ4v) is 1.05. The number of carbonyl (C=O) groups is 1. The third kappa shape index (κ3) is 3.57. The molecule has 0 radical (unpaired) electrons. The van der Waals surface area contributed by atoms with E-state index in [0.717, 1.165) is 0 Å². The van der Waals surface area contributed by atoms with Crippen molar-refractivity contribution in [3.8, 4) is 5.75 Å². The van der Waals surface area contributed by atoms with E-state index in [1.54, 1.807) is 37.5 Å². The Balaban J connectivity index is 2.65. The average molecular weight is 218 g/mol. The summed E-state index contributed by atoms with van der Waals surface area (Å²) in [6, 6.07) is 6.88. The second-order valence-corrected chi connectivity index (χ2v) is 2.98. The topological polar surface area (TPSA) is 50.7 Å². The summed E-state index contributed by atoms with van der Waals surface area (Å²) in [6.45, 7) is 1.87. The number of ether oxygens (including phenoxy) is 1. The number of benzene rings is 1. The Morgan fingerprint density at radius 2 is 2.31 bits per heavy atom. The van der Waals surface area contributed by atoms with Crippen molar-refractivity contribution in [2.75, 3.05) is 7.11 Å². The molecular formula is C12H14N2O2.